The molecule has 0 aromatic carbocycles. The quantitative estimate of drug-likeness (QED) is 0.699. The van der Waals surface area contributed by atoms with Gasteiger partial charge in [0.25, 0.3) is 0 Å². The van der Waals surface area contributed by atoms with Gasteiger partial charge in [-0.25, -0.2) is 0 Å². The Hall–Kier alpha value is -0.650. The third-order valence-electron chi connectivity index (χ3n) is 4.57. The van der Waals surface area contributed by atoms with E-state index in [1.807, 2.05) is 14.0 Å². The van der Waals surface area contributed by atoms with Gasteiger partial charge in [-0.2, -0.15) is 0 Å². The van der Waals surface area contributed by atoms with Crippen molar-refractivity contribution in [2.75, 3.05) is 33.3 Å². The minimum Gasteiger partial charge on any atom is -0.378 e. The lowest BCUT2D eigenvalue weighted by Gasteiger charge is -2.39. The minimum atomic E-state index is -0.529. The van der Waals surface area contributed by atoms with Crippen LogP contribution in [0, 0.1) is 5.92 Å². The summed E-state index contributed by atoms with van der Waals surface area (Å²) < 4.78 is 5.66. The highest BCUT2D eigenvalue weighted by Crippen LogP contribution is 2.40. The smallest absolute Gasteiger partial charge is 0.239 e. The zero-order chi connectivity index (χ0) is 13.9. The van der Waals surface area contributed by atoms with E-state index in [0.717, 1.165) is 51.9 Å². The lowest BCUT2D eigenvalue weighted by molar-refractivity contribution is -0.126. The summed E-state index contributed by atoms with van der Waals surface area (Å²) in [4.78, 5) is 14.2. The van der Waals surface area contributed by atoms with Crippen molar-refractivity contribution in [2.45, 2.75) is 44.2 Å². The number of carbonyl (C=O) groups is 1. The molecule has 1 heterocycles. The Morgan fingerprint density at radius 3 is 2.42 bits per heavy atom. The predicted octanol–water partition coefficient (Wildman–Crippen LogP) is 0.341. The van der Waals surface area contributed by atoms with Crippen LogP contribution in [0.5, 0.6) is 0 Å². The van der Waals surface area contributed by atoms with Crippen molar-refractivity contribution in [1.29, 1.82) is 0 Å². The molecule has 0 radical (unpaired) electrons. The number of piperidine rings is 1. The number of ether oxygens (including phenoxy) is 1. The van der Waals surface area contributed by atoms with Crippen LogP contribution in [0.2, 0.25) is 0 Å². The van der Waals surface area contributed by atoms with Crippen LogP contribution in [0.1, 0.15) is 32.6 Å². The molecule has 1 aliphatic carbocycles. The van der Waals surface area contributed by atoms with Gasteiger partial charge in [0.1, 0.15) is 5.54 Å². The van der Waals surface area contributed by atoms with E-state index in [2.05, 4.69) is 10.2 Å². The average Bonchev–Trinajstić information content (AvgIpc) is 3.22. The van der Waals surface area contributed by atoms with Gasteiger partial charge in [0.2, 0.25) is 5.91 Å². The number of amides is 1. The lowest BCUT2D eigenvalue weighted by atomic mass is 9.90. The summed E-state index contributed by atoms with van der Waals surface area (Å²) in [5, 5.41) is 3.21. The molecule has 1 unspecified atom stereocenters. The molecule has 0 aromatic heterocycles. The Morgan fingerprint density at radius 2 is 2.00 bits per heavy atom. The number of nitrogens with zero attached hydrogens (tertiary/aromatic N) is 1. The fourth-order valence-electron chi connectivity index (χ4n) is 3.21. The molecule has 0 bridgehead atoms. The van der Waals surface area contributed by atoms with E-state index in [1.54, 1.807) is 0 Å². The van der Waals surface area contributed by atoms with Gasteiger partial charge in [0.15, 0.2) is 0 Å². The monoisotopic (exact) mass is 269 g/mol. The van der Waals surface area contributed by atoms with E-state index in [-0.39, 0.29) is 5.91 Å². The fourth-order valence-corrected chi connectivity index (χ4v) is 3.21. The van der Waals surface area contributed by atoms with Crippen molar-refractivity contribution in [1.82, 2.24) is 10.2 Å². The summed E-state index contributed by atoms with van der Waals surface area (Å²) in [5.41, 5.74) is 5.13. The largest absolute Gasteiger partial charge is 0.378 e. The highest BCUT2D eigenvalue weighted by atomic mass is 16.5. The molecule has 2 rings (SSSR count). The third kappa shape index (κ3) is 3.27. The number of hydrogen-bond acceptors (Lipinski definition) is 4. The first-order valence-electron chi connectivity index (χ1n) is 7.45. The van der Waals surface area contributed by atoms with Gasteiger partial charge in [0.05, 0.1) is 6.10 Å². The number of likely N-dealkylation sites (N-methyl/N-ethyl adjacent to an activating group) is 1. The van der Waals surface area contributed by atoms with Crippen LogP contribution >= 0.6 is 0 Å². The van der Waals surface area contributed by atoms with E-state index >= 15 is 0 Å². The van der Waals surface area contributed by atoms with Gasteiger partial charge in [-0.15, -0.1) is 0 Å². The van der Waals surface area contributed by atoms with Crippen LogP contribution < -0.4 is 11.1 Å². The number of carbonyl (C=O) groups excluding carboxylic acids is 1. The first-order chi connectivity index (χ1) is 9.12. The lowest BCUT2D eigenvalue weighted by Crippen LogP contribution is -2.62. The predicted molar refractivity (Wildman–Crippen MR) is 74.8 cm³/mol. The van der Waals surface area contributed by atoms with Crippen molar-refractivity contribution in [3.8, 4) is 0 Å². The summed E-state index contributed by atoms with van der Waals surface area (Å²) in [6.45, 7) is 5.55. The van der Waals surface area contributed by atoms with E-state index in [4.69, 9.17) is 10.5 Å². The molecule has 1 saturated carbocycles. The Morgan fingerprint density at radius 1 is 1.37 bits per heavy atom. The summed E-state index contributed by atoms with van der Waals surface area (Å²) >= 11 is 0. The summed E-state index contributed by atoms with van der Waals surface area (Å²) in [6, 6.07) is 0. The molecule has 5 nitrogen and oxygen atoms in total. The van der Waals surface area contributed by atoms with Gasteiger partial charge in [0, 0.05) is 26.2 Å². The van der Waals surface area contributed by atoms with Gasteiger partial charge in [-0.1, -0.05) is 0 Å². The third-order valence-corrected chi connectivity index (χ3v) is 4.57. The van der Waals surface area contributed by atoms with Gasteiger partial charge in [-0.05, 0) is 45.6 Å². The molecular formula is C14H27N3O2. The maximum atomic E-state index is 11.9. The molecule has 1 aliphatic heterocycles. The van der Waals surface area contributed by atoms with Crippen LogP contribution in [0.15, 0.2) is 0 Å². The highest BCUT2D eigenvalue weighted by Gasteiger charge is 2.49. The van der Waals surface area contributed by atoms with Crippen LogP contribution in [0.25, 0.3) is 0 Å². The SMILES string of the molecule is CCOC1CCN(CC(NC)(C(N)=O)C2CC2)CC1. The molecule has 2 fully saturated rings. The van der Waals surface area contributed by atoms with Crippen molar-refractivity contribution < 1.29 is 9.53 Å². The number of rotatable bonds is 7. The Balaban J connectivity index is 1.90. The van der Waals surface area contributed by atoms with Crippen molar-refractivity contribution in [2.24, 2.45) is 11.7 Å². The topological polar surface area (TPSA) is 67.6 Å². The van der Waals surface area contributed by atoms with Crippen LogP contribution in [0.4, 0.5) is 0 Å². The Labute approximate surface area is 115 Å². The Kier molecular flexibility index (Phi) is 4.81. The normalized spacial score (nSPS) is 25.2. The van der Waals surface area contributed by atoms with E-state index in [9.17, 15) is 4.79 Å². The summed E-state index contributed by atoms with van der Waals surface area (Å²) in [5.74, 6) is 0.212. The molecule has 5 heteroatoms. The summed E-state index contributed by atoms with van der Waals surface area (Å²) in [7, 11) is 1.86. The number of nitrogens with two attached hydrogens (primary N) is 1. The minimum absolute atomic E-state index is 0.204. The number of nitrogens with one attached hydrogen (secondary N) is 1. The zero-order valence-electron chi connectivity index (χ0n) is 12.2. The maximum absolute atomic E-state index is 11.9. The van der Waals surface area contributed by atoms with E-state index in [1.165, 1.54) is 0 Å². The molecule has 1 atom stereocenters. The molecule has 3 N–H and O–H groups in total. The van der Waals surface area contributed by atoms with Crippen LogP contribution in [-0.2, 0) is 9.53 Å². The number of primary amides is 1. The van der Waals surface area contributed by atoms with Crippen molar-refractivity contribution in [3.63, 3.8) is 0 Å². The first-order valence-corrected chi connectivity index (χ1v) is 7.45. The van der Waals surface area contributed by atoms with Crippen molar-refractivity contribution in [3.05, 3.63) is 0 Å². The zero-order valence-corrected chi connectivity index (χ0v) is 12.2. The Bertz CT molecular complexity index is 312. The van der Waals surface area contributed by atoms with Crippen molar-refractivity contribution >= 4 is 5.91 Å². The van der Waals surface area contributed by atoms with E-state index in [0.29, 0.717) is 12.0 Å². The second-order valence-corrected chi connectivity index (χ2v) is 5.79. The number of hydrogen-bond donors (Lipinski definition) is 2. The molecule has 110 valence electrons. The maximum Gasteiger partial charge on any atom is 0.239 e. The summed E-state index contributed by atoms with van der Waals surface area (Å²) in [6.07, 6.45) is 4.71. The van der Waals surface area contributed by atoms with Gasteiger partial charge >= 0.3 is 0 Å². The fraction of sp³-hybridized carbons (Fsp3) is 0.929. The molecule has 1 saturated heterocycles. The van der Waals surface area contributed by atoms with Gasteiger partial charge < -0.3 is 20.7 Å². The second kappa shape index (κ2) is 6.20. The van der Waals surface area contributed by atoms with Crippen LogP contribution in [0.3, 0.4) is 0 Å². The molecule has 2 aliphatic rings. The van der Waals surface area contributed by atoms with Gasteiger partial charge in [-0.3, -0.25) is 4.79 Å². The molecular weight excluding hydrogens is 242 g/mol. The highest BCUT2D eigenvalue weighted by molar-refractivity contribution is 5.86. The van der Waals surface area contributed by atoms with E-state index < -0.39 is 5.54 Å². The average molecular weight is 269 g/mol. The molecule has 0 aromatic rings. The first kappa shape index (κ1) is 14.8. The molecule has 0 spiro atoms. The molecule has 1 amide bonds. The second-order valence-electron chi connectivity index (χ2n) is 5.79. The standard InChI is InChI=1S/C14H27N3O2/c1-3-19-12-6-8-17(9-7-12)10-14(16-2,13(15)18)11-4-5-11/h11-12,16H,3-10H2,1-2H3,(H2,15,18). The van der Waals surface area contributed by atoms with Crippen LogP contribution in [-0.4, -0.2) is 55.7 Å². The number of likely N-dealkylation sites (tertiary alicyclic amines) is 1. The molecule has 19 heavy (non-hydrogen) atoms.